The van der Waals surface area contributed by atoms with Gasteiger partial charge in [-0.3, -0.25) is 0 Å². The number of sulfonamides is 1. The molecule has 0 unspecified atom stereocenters. The third-order valence-electron chi connectivity index (χ3n) is 4.03. The van der Waals surface area contributed by atoms with Crippen LogP contribution < -0.4 is 0 Å². The van der Waals surface area contributed by atoms with Crippen LogP contribution in [0.15, 0.2) is 33.7 Å². The van der Waals surface area contributed by atoms with Crippen molar-refractivity contribution in [2.45, 2.75) is 29.6 Å². The van der Waals surface area contributed by atoms with Gasteiger partial charge < -0.3 is 4.52 Å². The molecule has 8 heteroatoms. The van der Waals surface area contributed by atoms with E-state index in [0.29, 0.717) is 11.8 Å². The Morgan fingerprint density at radius 3 is 2.68 bits per heavy atom. The molecule has 1 saturated carbocycles. The molecule has 1 aliphatic heterocycles. The fourth-order valence-corrected chi connectivity index (χ4v) is 4.05. The number of nitrogens with zero attached hydrogens (tertiary/aromatic N) is 3. The predicted octanol–water partition coefficient (Wildman–Crippen LogP) is 1.87. The second-order valence-corrected chi connectivity index (χ2v) is 7.68. The minimum atomic E-state index is -3.66. The summed E-state index contributed by atoms with van der Waals surface area (Å²) >= 11 is 0. The highest BCUT2D eigenvalue weighted by atomic mass is 32.2. The van der Waals surface area contributed by atoms with E-state index in [4.69, 9.17) is 4.52 Å². The van der Waals surface area contributed by atoms with Crippen molar-refractivity contribution in [3.63, 3.8) is 0 Å². The first kappa shape index (κ1) is 13.8. The summed E-state index contributed by atoms with van der Waals surface area (Å²) in [6.07, 6.45) is 2.17. The van der Waals surface area contributed by atoms with Gasteiger partial charge in [-0.05, 0) is 31.0 Å². The molecule has 0 amide bonds. The second-order valence-electron chi connectivity index (χ2n) is 5.74. The smallest absolute Gasteiger partial charge is 0.243 e. The normalized spacial score (nSPS) is 20.0. The summed E-state index contributed by atoms with van der Waals surface area (Å²) in [7, 11) is -3.66. The van der Waals surface area contributed by atoms with Gasteiger partial charge >= 0.3 is 0 Å². The van der Waals surface area contributed by atoms with E-state index >= 15 is 0 Å². The molecule has 22 heavy (non-hydrogen) atoms. The summed E-state index contributed by atoms with van der Waals surface area (Å²) < 4.78 is 44.4. The Kier molecular flexibility index (Phi) is 3.05. The van der Waals surface area contributed by atoms with Crippen LogP contribution in [0.25, 0.3) is 0 Å². The number of hydrogen-bond acceptors (Lipinski definition) is 5. The first-order valence-corrected chi connectivity index (χ1v) is 8.57. The third-order valence-corrected chi connectivity index (χ3v) is 5.86. The van der Waals surface area contributed by atoms with Crippen molar-refractivity contribution < 1.29 is 17.3 Å². The van der Waals surface area contributed by atoms with E-state index in [1.165, 1.54) is 22.5 Å². The lowest BCUT2D eigenvalue weighted by atomic mass is 10.0. The Balaban J connectivity index is 1.47. The Bertz CT molecular complexity index is 810. The van der Waals surface area contributed by atoms with Crippen LogP contribution in [0.2, 0.25) is 0 Å². The zero-order chi connectivity index (χ0) is 15.3. The monoisotopic (exact) mass is 323 g/mol. The zero-order valence-corrected chi connectivity index (χ0v) is 12.5. The highest BCUT2D eigenvalue weighted by Gasteiger charge is 2.41. The van der Waals surface area contributed by atoms with Crippen LogP contribution in [-0.4, -0.2) is 36.0 Å². The third kappa shape index (κ3) is 2.32. The maximum atomic E-state index is 13.2. The number of hydrogen-bond donors (Lipinski definition) is 0. The molecule has 0 atom stereocenters. The molecular weight excluding hydrogens is 309 g/mol. The predicted molar refractivity (Wildman–Crippen MR) is 74.2 cm³/mol. The Labute approximate surface area is 127 Å². The highest BCUT2D eigenvalue weighted by Crippen LogP contribution is 2.39. The fourth-order valence-electron chi connectivity index (χ4n) is 2.49. The van der Waals surface area contributed by atoms with Crippen molar-refractivity contribution in [1.29, 1.82) is 0 Å². The van der Waals surface area contributed by atoms with Crippen molar-refractivity contribution in [3.8, 4) is 0 Å². The standard InChI is InChI=1S/C14H14FN3O3S/c15-11-2-1-3-12(6-11)22(19,20)18-7-10(8-18)14-16-13(17-21-14)9-4-5-9/h1-3,6,9-10H,4-5,7-8H2. The fraction of sp³-hybridized carbons (Fsp3) is 0.429. The van der Waals surface area contributed by atoms with Crippen LogP contribution in [0.3, 0.4) is 0 Å². The van der Waals surface area contributed by atoms with E-state index in [0.717, 1.165) is 24.7 Å². The van der Waals surface area contributed by atoms with Gasteiger partial charge in [0.25, 0.3) is 0 Å². The van der Waals surface area contributed by atoms with Gasteiger partial charge in [-0.1, -0.05) is 11.2 Å². The summed E-state index contributed by atoms with van der Waals surface area (Å²) in [6.45, 7) is 0.566. The number of rotatable bonds is 4. The molecule has 1 aromatic carbocycles. The van der Waals surface area contributed by atoms with Gasteiger partial charge in [-0.25, -0.2) is 12.8 Å². The minimum Gasteiger partial charge on any atom is -0.339 e. The Morgan fingerprint density at radius 2 is 2.00 bits per heavy atom. The molecule has 0 radical (unpaired) electrons. The van der Waals surface area contributed by atoms with Gasteiger partial charge in [-0.15, -0.1) is 0 Å². The Hall–Kier alpha value is -1.80. The van der Waals surface area contributed by atoms with Crippen molar-refractivity contribution >= 4 is 10.0 Å². The van der Waals surface area contributed by atoms with E-state index in [1.54, 1.807) is 0 Å². The summed E-state index contributed by atoms with van der Waals surface area (Å²) in [4.78, 5) is 4.31. The van der Waals surface area contributed by atoms with Gasteiger partial charge in [0.15, 0.2) is 5.82 Å². The van der Waals surface area contributed by atoms with E-state index in [9.17, 15) is 12.8 Å². The van der Waals surface area contributed by atoms with Gasteiger partial charge in [0.05, 0.1) is 10.8 Å². The van der Waals surface area contributed by atoms with Gasteiger partial charge in [-0.2, -0.15) is 9.29 Å². The number of halogens is 1. The molecule has 2 aromatic rings. The maximum absolute atomic E-state index is 13.2. The van der Waals surface area contributed by atoms with Crippen LogP contribution in [0.5, 0.6) is 0 Å². The van der Waals surface area contributed by atoms with Crippen LogP contribution in [-0.2, 0) is 10.0 Å². The van der Waals surface area contributed by atoms with Crippen LogP contribution >= 0.6 is 0 Å². The number of benzene rings is 1. The molecule has 0 bridgehead atoms. The molecule has 2 heterocycles. The van der Waals surface area contributed by atoms with Crippen LogP contribution in [0, 0.1) is 5.82 Å². The number of aromatic nitrogens is 2. The van der Waals surface area contributed by atoms with Crippen LogP contribution in [0.4, 0.5) is 4.39 Å². The second kappa shape index (κ2) is 4.85. The van der Waals surface area contributed by atoms with E-state index in [1.807, 2.05) is 0 Å². The summed E-state index contributed by atoms with van der Waals surface area (Å²) in [5.74, 6) is 0.978. The lowest BCUT2D eigenvalue weighted by Crippen LogP contribution is -2.48. The first-order valence-electron chi connectivity index (χ1n) is 7.13. The topological polar surface area (TPSA) is 76.3 Å². The molecule has 116 valence electrons. The van der Waals surface area contributed by atoms with Gasteiger partial charge in [0.1, 0.15) is 5.82 Å². The first-order chi connectivity index (χ1) is 10.5. The van der Waals surface area contributed by atoms with E-state index in [2.05, 4.69) is 10.1 Å². The SMILES string of the molecule is O=S(=O)(c1cccc(F)c1)N1CC(c2nc(C3CC3)no2)C1. The van der Waals surface area contributed by atoms with Crippen molar-refractivity contribution in [2.75, 3.05) is 13.1 Å². The minimum absolute atomic E-state index is 0.0323. The van der Waals surface area contributed by atoms with Crippen molar-refractivity contribution in [1.82, 2.24) is 14.4 Å². The average molecular weight is 323 g/mol. The van der Waals surface area contributed by atoms with Crippen molar-refractivity contribution in [2.24, 2.45) is 0 Å². The van der Waals surface area contributed by atoms with E-state index in [-0.39, 0.29) is 23.9 Å². The zero-order valence-electron chi connectivity index (χ0n) is 11.6. The summed E-state index contributed by atoms with van der Waals surface area (Å²) in [6, 6.07) is 5.03. The average Bonchev–Trinajstić information content (AvgIpc) is 3.17. The molecule has 1 saturated heterocycles. The van der Waals surface area contributed by atoms with Gasteiger partial charge in [0.2, 0.25) is 15.9 Å². The molecule has 2 aliphatic rings. The van der Waals surface area contributed by atoms with Crippen LogP contribution in [0.1, 0.15) is 36.4 Å². The molecule has 1 aromatic heterocycles. The van der Waals surface area contributed by atoms with Gasteiger partial charge in [0, 0.05) is 19.0 Å². The summed E-state index contributed by atoms with van der Waals surface area (Å²) in [5, 5.41) is 3.93. The molecule has 0 spiro atoms. The molecule has 2 fully saturated rings. The highest BCUT2D eigenvalue weighted by molar-refractivity contribution is 7.89. The lowest BCUT2D eigenvalue weighted by Gasteiger charge is -2.35. The lowest BCUT2D eigenvalue weighted by molar-refractivity contribution is 0.216. The molecule has 0 N–H and O–H groups in total. The Morgan fingerprint density at radius 1 is 1.23 bits per heavy atom. The molecular formula is C14H14FN3O3S. The quantitative estimate of drug-likeness (QED) is 0.858. The largest absolute Gasteiger partial charge is 0.339 e. The molecule has 1 aliphatic carbocycles. The molecule has 4 rings (SSSR count). The van der Waals surface area contributed by atoms with Crippen molar-refractivity contribution in [3.05, 3.63) is 41.8 Å². The summed E-state index contributed by atoms with van der Waals surface area (Å²) in [5.41, 5.74) is 0. The van der Waals surface area contributed by atoms with E-state index < -0.39 is 15.8 Å². The maximum Gasteiger partial charge on any atom is 0.243 e. The molecule has 6 nitrogen and oxygen atoms in total.